The lowest BCUT2D eigenvalue weighted by Crippen LogP contribution is -2.48. The van der Waals surface area contributed by atoms with E-state index in [1.54, 1.807) is 16.7 Å². The fraction of sp³-hybridized carbons (Fsp3) is 0.812. The molecule has 2 fully saturated rings. The third-order valence-electron chi connectivity index (χ3n) is 4.54. The van der Waals surface area contributed by atoms with Gasteiger partial charge in [-0.1, -0.05) is 19.3 Å². The van der Waals surface area contributed by atoms with Crippen molar-refractivity contribution >= 4 is 29.5 Å². The summed E-state index contributed by atoms with van der Waals surface area (Å²) in [6.07, 6.45) is 6.52. The molecule has 2 aliphatic rings. The first kappa shape index (κ1) is 18.1. The zero-order valence-corrected chi connectivity index (χ0v) is 14.3. The summed E-state index contributed by atoms with van der Waals surface area (Å²) in [5.41, 5.74) is 0. The summed E-state index contributed by atoms with van der Waals surface area (Å²) in [6, 6.07) is -0.341. The summed E-state index contributed by atoms with van der Waals surface area (Å²) in [4.78, 5) is 37.0. The fourth-order valence-corrected chi connectivity index (χ4v) is 4.36. The van der Waals surface area contributed by atoms with E-state index < -0.39 is 5.97 Å². The molecule has 1 heterocycles. The van der Waals surface area contributed by atoms with E-state index in [9.17, 15) is 14.4 Å². The third-order valence-corrected chi connectivity index (χ3v) is 5.55. The lowest BCUT2D eigenvalue weighted by Gasteiger charge is -2.25. The predicted molar refractivity (Wildman–Crippen MR) is 89.0 cm³/mol. The van der Waals surface area contributed by atoms with Crippen LogP contribution in [0.15, 0.2) is 0 Å². The minimum atomic E-state index is -0.780. The van der Waals surface area contributed by atoms with Crippen LogP contribution in [0, 0.1) is 5.92 Å². The summed E-state index contributed by atoms with van der Waals surface area (Å²) >= 11 is 1.64. The Balaban J connectivity index is 1.70. The van der Waals surface area contributed by atoms with Crippen molar-refractivity contribution < 1.29 is 19.5 Å². The number of carbonyl (C=O) groups excluding carboxylic acids is 2. The lowest BCUT2D eigenvalue weighted by atomic mass is 10.1. The van der Waals surface area contributed by atoms with Crippen LogP contribution in [-0.4, -0.2) is 52.0 Å². The molecule has 0 aromatic rings. The van der Waals surface area contributed by atoms with Crippen molar-refractivity contribution in [2.75, 3.05) is 18.2 Å². The van der Waals surface area contributed by atoms with E-state index in [1.807, 2.05) is 0 Å². The monoisotopic (exact) mass is 342 g/mol. The SMILES string of the molecule is O=C(O)CCCCCNC(=O)C1CSCN1C(=O)C1CCCC1. The first-order valence-corrected chi connectivity index (χ1v) is 9.63. The first-order chi connectivity index (χ1) is 11.1. The smallest absolute Gasteiger partial charge is 0.303 e. The Morgan fingerprint density at radius 2 is 1.87 bits per heavy atom. The van der Waals surface area contributed by atoms with Gasteiger partial charge in [-0.3, -0.25) is 14.4 Å². The molecule has 1 aliphatic carbocycles. The first-order valence-electron chi connectivity index (χ1n) is 8.47. The second kappa shape index (κ2) is 9.15. The minimum absolute atomic E-state index is 0.0698. The Hall–Kier alpha value is -1.24. The molecule has 23 heavy (non-hydrogen) atoms. The van der Waals surface area contributed by atoms with Crippen LogP contribution in [0.2, 0.25) is 0 Å². The van der Waals surface area contributed by atoms with Gasteiger partial charge in [0.25, 0.3) is 0 Å². The molecular formula is C16H26N2O4S. The standard InChI is InChI=1S/C16H26N2O4S/c19-14(20)8-2-1-5-9-17-15(21)13-10-23-11-18(13)16(22)12-6-3-4-7-12/h12-13H,1-11H2,(H,17,21)(H,19,20). The molecule has 7 heteroatoms. The van der Waals surface area contributed by atoms with Crippen molar-refractivity contribution in [1.82, 2.24) is 10.2 Å². The van der Waals surface area contributed by atoms with Gasteiger partial charge < -0.3 is 15.3 Å². The van der Waals surface area contributed by atoms with Gasteiger partial charge in [0, 0.05) is 24.6 Å². The summed E-state index contributed by atoms with van der Waals surface area (Å²) in [5.74, 6) is 0.696. The summed E-state index contributed by atoms with van der Waals surface area (Å²) in [6.45, 7) is 0.547. The van der Waals surface area contributed by atoms with Crippen LogP contribution in [0.5, 0.6) is 0 Å². The second-order valence-corrected chi connectivity index (χ2v) is 7.30. The predicted octanol–water partition coefficient (Wildman–Crippen LogP) is 1.84. The van der Waals surface area contributed by atoms with Crippen molar-refractivity contribution in [3.05, 3.63) is 0 Å². The van der Waals surface area contributed by atoms with Gasteiger partial charge in [-0.05, 0) is 25.7 Å². The van der Waals surface area contributed by atoms with E-state index >= 15 is 0 Å². The molecule has 1 aliphatic heterocycles. The number of thioether (sulfide) groups is 1. The zero-order chi connectivity index (χ0) is 16.7. The molecule has 1 saturated carbocycles. The number of carbonyl (C=O) groups is 3. The highest BCUT2D eigenvalue weighted by Crippen LogP contribution is 2.30. The van der Waals surface area contributed by atoms with Crippen molar-refractivity contribution in [2.24, 2.45) is 5.92 Å². The van der Waals surface area contributed by atoms with Crippen LogP contribution in [0.3, 0.4) is 0 Å². The lowest BCUT2D eigenvalue weighted by molar-refractivity contribution is -0.141. The van der Waals surface area contributed by atoms with E-state index in [1.165, 1.54) is 0 Å². The van der Waals surface area contributed by atoms with E-state index in [0.29, 0.717) is 24.6 Å². The molecule has 0 spiro atoms. The van der Waals surface area contributed by atoms with Gasteiger partial charge in [0.1, 0.15) is 6.04 Å². The van der Waals surface area contributed by atoms with Gasteiger partial charge >= 0.3 is 5.97 Å². The molecule has 2 rings (SSSR count). The van der Waals surface area contributed by atoms with E-state index in [2.05, 4.69) is 5.32 Å². The molecule has 1 saturated heterocycles. The number of amides is 2. The molecule has 6 nitrogen and oxygen atoms in total. The molecule has 1 unspecified atom stereocenters. The second-order valence-electron chi connectivity index (χ2n) is 6.30. The molecule has 1 atom stereocenters. The Bertz CT molecular complexity index is 438. The van der Waals surface area contributed by atoms with Crippen LogP contribution < -0.4 is 5.32 Å². The number of carboxylic acids is 1. The molecule has 0 radical (unpaired) electrons. The molecule has 0 aromatic carbocycles. The van der Waals surface area contributed by atoms with Crippen LogP contribution in [0.25, 0.3) is 0 Å². The molecular weight excluding hydrogens is 316 g/mol. The van der Waals surface area contributed by atoms with Gasteiger partial charge in [0.15, 0.2) is 0 Å². The van der Waals surface area contributed by atoms with E-state index in [0.717, 1.165) is 38.5 Å². The maximum absolute atomic E-state index is 12.5. The maximum Gasteiger partial charge on any atom is 0.303 e. The topological polar surface area (TPSA) is 86.7 Å². The Morgan fingerprint density at radius 3 is 2.57 bits per heavy atom. The average molecular weight is 342 g/mol. The number of unbranched alkanes of at least 4 members (excludes halogenated alkanes) is 2. The third kappa shape index (κ3) is 5.41. The van der Waals surface area contributed by atoms with Crippen molar-refractivity contribution in [3.63, 3.8) is 0 Å². The van der Waals surface area contributed by atoms with E-state index in [4.69, 9.17) is 5.11 Å². The Labute approximate surface area is 141 Å². The maximum atomic E-state index is 12.5. The van der Waals surface area contributed by atoms with Gasteiger partial charge in [0.2, 0.25) is 11.8 Å². The average Bonchev–Trinajstić information content (AvgIpc) is 3.20. The largest absolute Gasteiger partial charge is 0.481 e. The van der Waals surface area contributed by atoms with Crippen molar-refractivity contribution in [3.8, 4) is 0 Å². The Kier molecular flexibility index (Phi) is 7.20. The van der Waals surface area contributed by atoms with Crippen LogP contribution in [0.1, 0.15) is 51.4 Å². The fourth-order valence-electron chi connectivity index (χ4n) is 3.19. The summed E-state index contributed by atoms with van der Waals surface area (Å²) in [7, 11) is 0. The molecule has 2 amide bonds. The number of carboxylic acid groups (broad SMARTS) is 1. The zero-order valence-electron chi connectivity index (χ0n) is 13.5. The van der Waals surface area contributed by atoms with Crippen molar-refractivity contribution in [1.29, 1.82) is 0 Å². The molecule has 0 aromatic heterocycles. The normalized spacial score (nSPS) is 21.6. The van der Waals surface area contributed by atoms with Gasteiger partial charge in [-0.25, -0.2) is 0 Å². The van der Waals surface area contributed by atoms with Gasteiger partial charge in [0.05, 0.1) is 5.88 Å². The number of rotatable bonds is 8. The van der Waals surface area contributed by atoms with Gasteiger partial charge in [-0.2, -0.15) is 0 Å². The molecule has 130 valence electrons. The van der Waals surface area contributed by atoms with Gasteiger partial charge in [-0.15, -0.1) is 11.8 Å². The van der Waals surface area contributed by atoms with Crippen LogP contribution in [-0.2, 0) is 14.4 Å². The highest BCUT2D eigenvalue weighted by molar-refractivity contribution is 7.99. The number of nitrogens with zero attached hydrogens (tertiary/aromatic N) is 1. The Morgan fingerprint density at radius 1 is 1.13 bits per heavy atom. The molecule has 0 bridgehead atoms. The van der Waals surface area contributed by atoms with E-state index in [-0.39, 0.29) is 30.2 Å². The highest BCUT2D eigenvalue weighted by Gasteiger charge is 2.38. The van der Waals surface area contributed by atoms with Crippen LogP contribution in [0.4, 0.5) is 0 Å². The quantitative estimate of drug-likeness (QED) is 0.657. The van der Waals surface area contributed by atoms with Crippen LogP contribution >= 0.6 is 11.8 Å². The summed E-state index contributed by atoms with van der Waals surface area (Å²) < 4.78 is 0. The number of hydrogen-bond donors (Lipinski definition) is 2. The highest BCUT2D eigenvalue weighted by atomic mass is 32.2. The molecule has 2 N–H and O–H groups in total. The van der Waals surface area contributed by atoms with Crippen molar-refractivity contribution in [2.45, 2.75) is 57.4 Å². The number of aliphatic carboxylic acids is 1. The minimum Gasteiger partial charge on any atom is -0.481 e. The number of nitrogens with one attached hydrogen (secondary N) is 1. The summed E-state index contributed by atoms with van der Waals surface area (Å²) in [5, 5.41) is 11.5. The number of hydrogen-bond acceptors (Lipinski definition) is 4.